The van der Waals surface area contributed by atoms with Crippen molar-refractivity contribution in [1.29, 1.82) is 0 Å². The fourth-order valence-corrected chi connectivity index (χ4v) is 11.9. The van der Waals surface area contributed by atoms with Gasteiger partial charge in [-0.15, -0.1) is 0 Å². The Hall–Kier alpha value is -0.670. The third-order valence-electron chi connectivity index (χ3n) is 12.6. The van der Waals surface area contributed by atoms with Gasteiger partial charge in [-0.2, -0.15) is 0 Å². The summed E-state index contributed by atoms with van der Waals surface area (Å²) in [5.74, 6) is 1.77. The van der Waals surface area contributed by atoms with Crippen molar-refractivity contribution in [2.45, 2.75) is 89.3 Å². The molecule has 7 rings (SSSR count). The third kappa shape index (κ3) is 1.49. The van der Waals surface area contributed by atoms with Crippen molar-refractivity contribution in [2.24, 2.45) is 45.3 Å². The van der Waals surface area contributed by atoms with E-state index in [-0.39, 0.29) is 28.3 Å². The molecule has 158 valence electrons. The molecule has 29 heavy (non-hydrogen) atoms. The zero-order valence-corrected chi connectivity index (χ0v) is 18.1. The van der Waals surface area contributed by atoms with Gasteiger partial charge < -0.3 is 9.84 Å². The lowest BCUT2D eigenvalue weighted by molar-refractivity contribution is -0.194. The van der Waals surface area contributed by atoms with Crippen LogP contribution in [0.2, 0.25) is 0 Å². The van der Waals surface area contributed by atoms with E-state index in [9.17, 15) is 9.90 Å². The molecule has 0 radical (unpaired) electrons. The summed E-state index contributed by atoms with van der Waals surface area (Å²) in [7, 11) is 1.71. The van der Waals surface area contributed by atoms with E-state index in [4.69, 9.17) is 4.74 Å². The first-order valence-corrected chi connectivity index (χ1v) is 12.3. The van der Waals surface area contributed by atoms with Crippen molar-refractivity contribution in [1.82, 2.24) is 0 Å². The first-order chi connectivity index (χ1) is 13.9. The summed E-state index contributed by atoms with van der Waals surface area (Å²) in [4.78, 5) is 13.3. The molecule has 9 atom stereocenters. The molecule has 0 aromatic rings. The van der Waals surface area contributed by atoms with Gasteiger partial charge in [-0.25, -0.2) is 0 Å². The zero-order valence-electron chi connectivity index (χ0n) is 18.1. The molecule has 0 aromatic heterocycles. The molecule has 0 aliphatic heterocycles. The molecule has 4 bridgehead atoms. The Morgan fingerprint density at radius 1 is 1.14 bits per heavy atom. The third-order valence-corrected chi connectivity index (χ3v) is 12.6. The molecule has 0 heterocycles. The maximum absolute atomic E-state index is 13.3. The lowest BCUT2D eigenvalue weighted by Crippen LogP contribution is -2.60. The molecule has 1 N–H and O–H groups in total. The summed E-state index contributed by atoms with van der Waals surface area (Å²) in [5, 5.41) is 12.5. The van der Waals surface area contributed by atoms with Crippen LogP contribution in [0.25, 0.3) is 0 Å². The highest BCUT2D eigenvalue weighted by atomic mass is 16.5. The highest BCUT2D eigenvalue weighted by Gasteiger charge is 2.89. The Bertz CT molecular complexity index is 826. The molecule has 7 aliphatic rings. The van der Waals surface area contributed by atoms with Crippen molar-refractivity contribution >= 4 is 5.78 Å². The van der Waals surface area contributed by atoms with Crippen LogP contribution in [0.4, 0.5) is 0 Å². The normalized spacial score (nSPS) is 60.7. The summed E-state index contributed by atoms with van der Waals surface area (Å²) in [6, 6.07) is 0. The van der Waals surface area contributed by atoms with E-state index in [0.29, 0.717) is 35.4 Å². The van der Waals surface area contributed by atoms with Crippen LogP contribution in [-0.2, 0) is 9.53 Å². The second kappa shape index (κ2) is 5.04. The highest BCUT2D eigenvalue weighted by molar-refractivity contribution is 5.88. The lowest BCUT2D eigenvalue weighted by Gasteiger charge is -2.59. The number of hydrogen-bond acceptors (Lipinski definition) is 3. The minimum atomic E-state index is -0.962. The SMILES string of the molecule is CO[C@@H]1CC(=O)[C@@H]2[C@@H]3[C@H]4CC[C@@]56CCC7(CCCC7)[C@@H]5C=CC[C@@](C4)([C@]21O)[C@]36C. The van der Waals surface area contributed by atoms with Crippen LogP contribution in [0, 0.1) is 45.3 Å². The fourth-order valence-electron chi connectivity index (χ4n) is 11.9. The number of hydrogen-bond donors (Lipinski definition) is 1. The van der Waals surface area contributed by atoms with E-state index < -0.39 is 5.60 Å². The summed E-state index contributed by atoms with van der Waals surface area (Å²) in [6.45, 7) is 2.56. The number of carbonyl (C=O) groups is 1. The molecule has 6 saturated carbocycles. The maximum atomic E-state index is 13.3. The first kappa shape index (κ1) is 18.0. The average molecular weight is 397 g/mol. The molecule has 3 heteroatoms. The number of ketones is 1. The van der Waals surface area contributed by atoms with Crippen molar-refractivity contribution in [3.63, 3.8) is 0 Å². The summed E-state index contributed by atoms with van der Waals surface area (Å²) >= 11 is 0. The maximum Gasteiger partial charge on any atom is 0.141 e. The Balaban J connectivity index is 1.49. The molecular weight excluding hydrogens is 360 g/mol. The van der Waals surface area contributed by atoms with Gasteiger partial charge in [0.25, 0.3) is 0 Å². The number of allylic oxidation sites excluding steroid dienone is 2. The molecule has 7 aliphatic carbocycles. The number of Topliss-reactive ketones (excluding diaryl/α,β-unsaturated/α-hetero) is 1. The Morgan fingerprint density at radius 3 is 2.69 bits per heavy atom. The van der Waals surface area contributed by atoms with Gasteiger partial charge in [-0.3, -0.25) is 4.79 Å². The molecular formula is C26H36O3. The lowest BCUT2D eigenvalue weighted by atomic mass is 9.45. The molecule has 0 unspecified atom stereocenters. The monoisotopic (exact) mass is 396 g/mol. The Kier molecular flexibility index (Phi) is 3.12. The van der Waals surface area contributed by atoms with Crippen molar-refractivity contribution in [3.05, 3.63) is 12.2 Å². The quantitative estimate of drug-likeness (QED) is 0.655. The van der Waals surface area contributed by atoms with Crippen molar-refractivity contribution < 1.29 is 14.6 Å². The Morgan fingerprint density at radius 2 is 1.93 bits per heavy atom. The van der Waals surface area contributed by atoms with Crippen molar-refractivity contribution in [2.75, 3.05) is 7.11 Å². The van der Waals surface area contributed by atoms with Crippen molar-refractivity contribution in [3.8, 4) is 0 Å². The van der Waals surface area contributed by atoms with Crippen LogP contribution in [0.5, 0.6) is 0 Å². The van der Waals surface area contributed by atoms with Gasteiger partial charge in [-0.1, -0.05) is 31.9 Å². The number of carbonyl (C=O) groups excluding carboxylic acids is 1. The highest BCUT2D eigenvalue weighted by Crippen LogP contribution is 2.89. The van der Waals surface area contributed by atoms with E-state index in [1.807, 2.05) is 0 Å². The largest absolute Gasteiger partial charge is 0.386 e. The predicted molar refractivity (Wildman–Crippen MR) is 110 cm³/mol. The van der Waals surface area contributed by atoms with Crippen LogP contribution in [-0.4, -0.2) is 29.7 Å². The number of rotatable bonds is 1. The average Bonchev–Trinajstić information content (AvgIpc) is 3.43. The summed E-state index contributed by atoms with van der Waals surface area (Å²) < 4.78 is 5.88. The van der Waals surface area contributed by atoms with E-state index in [0.717, 1.165) is 12.8 Å². The minimum absolute atomic E-state index is 0.0649. The van der Waals surface area contributed by atoms with Gasteiger partial charge in [0.1, 0.15) is 11.4 Å². The minimum Gasteiger partial charge on any atom is -0.386 e. The van der Waals surface area contributed by atoms with Crippen LogP contribution < -0.4 is 0 Å². The molecule has 6 fully saturated rings. The van der Waals surface area contributed by atoms with E-state index in [1.54, 1.807) is 7.11 Å². The number of fused-ring (bicyclic) bond motifs is 2. The van der Waals surface area contributed by atoms with Crippen LogP contribution in [0.1, 0.15) is 77.6 Å². The van der Waals surface area contributed by atoms with E-state index >= 15 is 0 Å². The van der Waals surface area contributed by atoms with Gasteiger partial charge >= 0.3 is 0 Å². The topological polar surface area (TPSA) is 46.5 Å². The van der Waals surface area contributed by atoms with E-state index in [2.05, 4.69) is 19.1 Å². The number of ether oxygens (including phenoxy) is 1. The van der Waals surface area contributed by atoms with Crippen LogP contribution in [0.15, 0.2) is 12.2 Å². The zero-order chi connectivity index (χ0) is 19.9. The Labute approximate surface area is 174 Å². The van der Waals surface area contributed by atoms with E-state index in [1.165, 1.54) is 51.4 Å². The van der Waals surface area contributed by atoms with Crippen LogP contribution in [0.3, 0.4) is 0 Å². The molecule has 0 saturated heterocycles. The number of aliphatic hydroxyl groups is 1. The standard InChI is InChI=1S/C26H36O3/c1-22-20-16-7-11-24(22)13-12-23(8-3-4-9-23)18(24)6-5-10-25(22,15-16)26(28)19(29-2)14-17(27)21(20)26/h5-6,16,18-21,28H,3-4,7-15H2,1-2H3/t16-,18-,19+,20-,21+,22+,24+,25-,26+/m0/s1. The van der Waals surface area contributed by atoms with Gasteiger partial charge in [0.05, 0.1) is 12.0 Å². The van der Waals surface area contributed by atoms with Crippen LogP contribution >= 0.6 is 0 Å². The molecule has 2 spiro atoms. The van der Waals surface area contributed by atoms with Gasteiger partial charge in [0.15, 0.2) is 0 Å². The fraction of sp³-hybridized carbons (Fsp3) is 0.885. The van der Waals surface area contributed by atoms with Gasteiger partial charge in [0.2, 0.25) is 0 Å². The predicted octanol–water partition coefficient (Wildman–Crippen LogP) is 4.67. The molecule has 3 nitrogen and oxygen atoms in total. The van der Waals surface area contributed by atoms with Gasteiger partial charge in [0, 0.05) is 18.9 Å². The second-order valence-corrected chi connectivity index (χ2v) is 12.3. The first-order valence-electron chi connectivity index (χ1n) is 12.3. The summed E-state index contributed by atoms with van der Waals surface area (Å²) in [6.07, 6.45) is 18.1. The van der Waals surface area contributed by atoms with Gasteiger partial charge in [-0.05, 0) is 85.4 Å². The molecule has 0 amide bonds. The summed E-state index contributed by atoms with van der Waals surface area (Å²) in [5.41, 5.74) is -0.298. The number of methoxy groups -OCH3 is 1. The smallest absolute Gasteiger partial charge is 0.141 e. The second-order valence-electron chi connectivity index (χ2n) is 12.3. The molecule has 0 aromatic carbocycles.